The molecule has 0 aromatic carbocycles. The Bertz CT molecular complexity index is 1180. The Hall–Kier alpha value is -3.07. The second-order valence-electron chi connectivity index (χ2n) is 7.15. The van der Waals surface area contributed by atoms with Crippen LogP contribution in [0.4, 0.5) is 5.82 Å². The Morgan fingerprint density at radius 2 is 2.21 bits per heavy atom. The maximum atomic E-state index is 12.5. The van der Waals surface area contributed by atoms with Gasteiger partial charge in [0.2, 0.25) is 5.91 Å². The summed E-state index contributed by atoms with van der Waals surface area (Å²) >= 11 is 1.62. The molecule has 28 heavy (non-hydrogen) atoms. The minimum atomic E-state index is -0.139. The first-order chi connectivity index (χ1) is 13.6. The number of carbonyl (C=O) groups is 1. The van der Waals surface area contributed by atoms with Crippen LogP contribution >= 0.6 is 11.3 Å². The highest BCUT2D eigenvalue weighted by atomic mass is 32.1. The first-order valence-electron chi connectivity index (χ1n) is 9.14. The number of rotatable bonds is 5. The van der Waals surface area contributed by atoms with Gasteiger partial charge in [0.05, 0.1) is 27.8 Å². The molecule has 0 radical (unpaired) electrons. The minimum absolute atomic E-state index is 0.127. The predicted octanol–water partition coefficient (Wildman–Crippen LogP) is 3.11. The zero-order valence-corrected chi connectivity index (χ0v) is 16.4. The van der Waals surface area contributed by atoms with Crippen molar-refractivity contribution in [2.24, 2.45) is 7.05 Å². The molecule has 0 aliphatic heterocycles. The van der Waals surface area contributed by atoms with Crippen LogP contribution < -0.4 is 5.32 Å². The van der Waals surface area contributed by atoms with Crippen molar-refractivity contribution < 1.29 is 4.79 Å². The third-order valence-corrected chi connectivity index (χ3v) is 6.00. The summed E-state index contributed by atoms with van der Waals surface area (Å²) in [5, 5.41) is 13.8. The molecule has 4 aromatic rings. The molecule has 142 valence electrons. The normalized spacial score (nSPS) is 13.9. The molecule has 1 saturated carbocycles. The molecule has 5 rings (SSSR count). The van der Waals surface area contributed by atoms with E-state index in [2.05, 4.69) is 30.9 Å². The predicted molar refractivity (Wildman–Crippen MR) is 107 cm³/mol. The van der Waals surface area contributed by atoms with Crippen molar-refractivity contribution >= 4 is 33.3 Å². The second-order valence-corrected chi connectivity index (χ2v) is 8.03. The maximum absolute atomic E-state index is 12.5. The Balaban J connectivity index is 1.33. The molecule has 0 saturated heterocycles. The summed E-state index contributed by atoms with van der Waals surface area (Å²) in [6, 6.07) is 1.96. The van der Waals surface area contributed by atoms with E-state index in [9.17, 15) is 4.79 Å². The van der Waals surface area contributed by atoms with Gasteiger partial charge in [-0.3, -0.25) is 14.2 Å². The molecule has 0 spiro atoms. The fourth-order valence-corrected chi connectivity index (χ4v) is 4.28. The number of carbonyl (C=O) groups excluding carboxylic acids is 1. The van der Waals surface area contributed by atoms with Crippen molar-refractivity contribution in [1.29, 1.82) is 0 Å². The van der Waals surface area contributed by atoms with E-state index in [-0.39, 0.29) is 12.5 Å². The van der Waals surface area contributed by atoms with Gasteiger partial charge in [0, 0.05) is 30.8 Å². The summed E-state index contributed by atoms with van der Waals surface area (Å²) in [6.07, 6.45) is 7.51. The number of fused-ring (bicyclic) bond motifs is 1. The van der Waals surface area contributed by atoms with Gasteiger partial charge in [0.25, 0.3) is 0 Å². The molecule has 1 aliphatic rings. The number of hydrogen-bond donors (Lipinski definition) is 1. The molecule has 1 amide bonds. The average Bonchev–Trinajstić information content (AvgIpc) is 3.16. The molecule has 1 N–H and O–H groups in total. The summed E-state index contributed by atoms with van der Waals surface area (Å²) in [4.78, 5) is 21.2. The second kappa shape index (κ2) is 6.52. The molecule has 1 aliphatic carbocycles. The van der Waals surface area contributed by atoms with Gasteiger partial charge in [-0.05, 0) is 30.7 Å². The number of anilines is 1. The summed E-state index contributed by atoms with van der Waals surface area (Å²) in [7, 11) is 1.84. The number of nitrogens with one attached hydrogen (secondary N) is 1. The zero-order chi connectivity index (χ0) is 19.3. The van der Waals surface area contributed by atoms with Crippen LogP contribution in [0, 0.1) is 6.92 Å². The van der Waals surface area contributed by atoms with Crippen molar-refractivity contribution in [3.8, 4) is 11.3 Å². The fraction of sp³-hybridized carbons (Fsp3) is 0.316. The van der Waals surface area contributed by atoms with E-state index in [4.69, 9.17) is 0 Å². The molecule has 4 aromatic heterocycles. The minimum Gasteiger partial charge on any atom is -0.309 e. The van der Waals surface area contributed by atoms with Crippen LogP contribution in [-0.4, -0.2) is 35.4 Å². The lowest BCUT2D eigenvalue weighted by Gasteiger charge is -2.05. The van der Waals surface area contributed by atoms with Gasteiger partial charge in [0.1, 0.15) is 18.7 Å². The van der Waals surface area contributed by atoms with Gasteiger partial charge in [-0.2, -0.15) is 10.2 Å². The lowest BCUT2D eigenvalue weighted by atomic mass is 10.2. The number of nitrogens with zero attached hydrogens (tertiary/aromatic N) is 6. The van der Waals surface area contributed by atoms with Gasteiger partial charge >= 0.3 is 0 Å². The molecule has 8 nitrogen and oxygen atoms in total. The highest BCUT2D eigenvalue weighted by Crippen LogP contribution is 2.39. The molecule has 0 unspecified atom stereocenters. The molecular formula is C19H19N7OS. The average molecular weight is 393 g/mol. The lowest BCUT2D eigenvalue weighted by molar-refractivity contribution is -0.116. The quantitative estimate of drug-likeness (QED) is 0.563. The Morgan fingerprint density at radius 3 is 3.04 bits per heavy atom. The standard InChI is InChI=1S/C19H19N7OS/c1-11-9-28-19-17(11)20-10-21-18(19)13-6-22-26(7-13)8-16(27)23-15-5-14(12-3-4-12)24-25(15)2/h5-7,9-10,12H,3-4,8H2,1-2H3,(H,23,27). The summed E-state index contributed by atoms with van der Waals surface area (Å²) in [6.45, 7) is 2.16. The van der Waals surface area contributed by atoms with E-state index in [0.717, 1.165) is 32.7 Å². The highest BCUT2D eigenvalue weighted by molar-refractivity contribution is 7.17. The third-order valence-electron chi connectivity index (χ3n) is 4.91. The zero-order valence-electron chi connectivity index (χ0n) is 15.6. The Kier molecular flexibility index (Phi) is 3.97. The van der Waals surface area contributed by atoms with Crippen LogP contribution in [0.15, 0.2) is 30.2 Å². The number of aryl methyl sites for hydroxylation is 2. The van der Waals surface area contributed by atoms with Crippen LogP contribution in [0.25, 0.3) is 21.5 Å². The van der Waals surface area contributed by atoms with Crippen LogP contribution in [0.3, 0.4) is 0 Å². The van der Waals surface area contributed by atoms with Crippen LogP contribution in [0.1, 0.15) is 30.0 Å². The molecule has 0 bridgehead atoms. The van der Waals surface area contributed by atoms with Crippen molar-refractivity contribution in [1.82, 2.24) is 29.5 Å². The SMILES string of the molecule is Cc1csc2c(-c3cnn(CC(=O)Nc4cc(C5CC5)nn4C)c3)ncnc12. The van der Waals surface area contributed by atoms with Gasteiger partial charge in [0.15, 0.2) is 0 Å². The number of aromatic nitrogens is 6. The number of hydrogen-bond acceptors (Lipinski definition) is 6. The summed E-state index contributed by atoms with van der Waals surface area (Å²) < 4.78 is 4.38. The van der Waals surface area contributed by atoms with Crippen LogP contribution in [0.5, 0.6) is 0 Å². The van der Waals surface area contributed by atoms with Gasteiger partial charge < -0.3 is 5.32 Å². The number of amides is 1. The van der Waals surface area contributed by atoms with Crippen LogP contribution in [-0.2, 0) is 18.4 Å². The third kappa shape index (κ3) is 3.07. The van der Waals surface area contributed by atoms with E-state index in [1.807, 2.05) is 26.2 Å². The monoisotopic (exact) mass is 393 g/mol. The first kappa shape index (κ1) is 17.1. The smallest absolute Gasteiger partial charge is 0.247 e. The largest absolute Gasteiger partial charge is 0.309 e. The number of thiophene rings is 1. The molecule has 1 fully saturated rings. The first-order valence-corrected chi connectivity index (χ1v) is 10.0. The maximum Gasteiger partial charge on any atom is 0.247 e. The Labute approximate surface area is 165 Å². The molecule has 9 heteroatoms. The van der Waals surface area contributed by atoms with Crippen molar-refractivity contribution in [3.05, 3.63) is 41.4 Å². The van der Waals surface area contributed by atoms with E-state index in [1.54, 1.807) is 33.2 Å². The summed E-state index contributed by atoms with van der Waals surface area (Å²) in [5.74, 6) is 1.13. The van der Waals surface area contributed by atoms with E-state index in [1.165, 1.54) is 12.8 Å². The lowest BCUT2D eigenvalue weighted by Crippen LogP contribution is -2.20. The summed E-state index contributed by atoms with van der Waals surface area (Å²) in [5.41, 5.74) is 4.87. The van der Waals surface area contributed by atoms with Gasteiger partial charge in [-0.1, -0.05) is 0 Å². The Morgan fingerprint density at radius 1 is 1.36 bits per heavy atom. The van der Waals surface area contributed by atoms with Crippen molar-refractivity contribution in [3.63, 3.8) is 0 Å². The topological polar surface area (TPSA) is 90.5 Å². The van der Waals surface area contributed by atoms with Crippen molar-refractivity contribution in [2.75, 3.05) is 5.32 Å². The van der Waals surface area contributed by atoms with Gasteiger partial charge in [-0.15, -0.1) is 11.3 Å². The van der Waals surface area contributed by atoms with E-state index >= 15 is 0 Å². The van der Waals surface area contributed by atoms with Crippen molar-refractivity contribution in [2.45, 2.75) is 32.2 Å². The molecule has 0 atom stereocenters. The van der Waals surface area contributed by atoms with Gasteiger partial charge in [-0.25, -0.2) is 9.97 Å². The fourth-order valence-electron chi connectivity index (χ4n) is 3.26. The van der Waals surface area contributed by atoms with E-state index < -0.39 is 0 Å². The van der Waals surface area contributed by atoms with E-state index in [0.29, 0.717) is 11.7 Å². The molecule has 4 heterocycles. The molecular weight excluding hydrogens is 374 g/mol. The highest BCUT2D eigenvalue weighted by Gasteiger charge is 2.27. The van der Waals surface area contributed by atoms with Crippen LogP contribution in [0.2, 0.25) is 0 Å².